The molecule has 19 heavy (non-hydrogen) atoms. The monoisotopic (exact) mass is 275 g/mol. The van der Waals surface area contributed by atoms with Gasteiger partial charge in [0.2, 0.25) is 0 Å². The molecule has 0 N–H and O–H groups in total. The molecule has 0 aliphatic carbocycles. The Hall–Kier alpha value is -1.53. The van der Waals surface area contributed by atoms with Crippen molar-refractivity contribution in [1.82, 2.24) is 9.55 Å². The standard InChI is InChI=1S/C15H18ClN3/c1-10(2)6-7-19-14-8-12(9-17)4-5-13(14)18-15(19)11(3)16/h4-5,8,10-11H,6-7H2,1-3H3. The van der Waals surface area contributed by atoms with Crippen LogP contribution >= 0.6 is 11.6 Å². The number of fused-ring (bicyclic) bond motifs is 1. The minimum atomic E-state index is -0.134. The second-order valence-electron chi connectivity index (χ2n) is 5.24. The summed E-state index contributed by atoms with van der Waals surface area (Å²) in [7, 11) is 0. The van der Waals surface area contributed by atoms with Crippen molar-refractivity contribution in [3.05, 3.63) is 29.6 Å². The highest BCUT2D eigenvalue weighted by molar-refractivity contribution is 6.20. The highest BCUT2D eigenvalue weighted by Gasteiger charge is 2.15. The molecule has 0 amide bonds. The van der Waals surface area contributed by atoms with Crippen LogP contribution in [0.25, 0.3) is 11.0 Å². The molecule has 100 valence electrons. The number of halogens is 1. The Morgan fingerprint density at radius 2 is 2.11 bits per heavy atom. The number of nitrogens with zero attached hydrogens (tertiary/aromatic N) is 3. The van der Waals surface area contributed by atoms with Crippen LogP contribution < -0.4 is 0 Å². The van der Waals surface area contributed by atoms with Crippen molar-refractivity contribution in [3.8, 4) is 6.07 Å². The summed E-state index contributed by atoms with van der Waals surface area (Å²) in [6, 6.07) is 7.76. The van der Waals surface area contributed by atoms with Gasteiger partial charge in [0.15, 0.2) is 0 Å². The highest BCUT2D eigenvalue weighted by atomic mass is 35.5. The van der Waals surface area contributed by atoms with Crippen molar-refractivity contribution in [3.63, 3.8) is 0 Å². The van der Waals surface area contributed by atoms with Crippen molar-refractivity contribution in [1.29, 1.82) is 5.26 Å². The third kappa shape index (κ3) is 2.90. The van der Waals surface area contributed by atoms with Crippen molar-refractivity contribution in [2.24, 2.45) is 5.92 Å². The number of hydrogen-bond acceptors (Lipinski definition) is 2. The molecule has 0 aliphatic heterocycles. The Labute approximate surface area is 118 Å². The van der Waals surface area contributed by atoms with E-state index >= 15 is 0 Å². The van der Waals surface area contributed by atoms with Crippen LogP contribution in [0.4, 0.5) is 0 Å². The minimum Gasteiger partial charge on any atom is -0.327 e. The van der Waals surface area contributed by atoms with Crippen molar-refractivity contribution in [2.75, 3.05) is 0 Å². The van der Waals surface area contributed by atoms with E-state index in [1.165, 1.54) is 0 Å². The number of nitriles is 1. The molecule has 0 fully saturated rings. The smallest absolute Gasteiger partial charge is 0.127 e. The van der Waals surface area contributed by atoms with Gasteiger partial charge in [0, 0.05) is 6.54 Å². The summed E-state index contributed by atoms with van der Waals surface area (Å²) in [5, 5.41) is 8.88. The number of hydrogen-bond donors (Lipinski definition) is 0. The molecular formula is C15H18ClN3. The zero-order valence-corrected chi connectivity index (χ0v) is 12.3. The predicted octanol–water partition coefficient (Wildman–Crippen LogP) is 4.25. The van der Waals surface area contributed by atoms with E-state index in [9.17, 15) is 0 Å². The quantitative estimate of drug-likeness (QED) is 0.783. The largest absolute Gasteiger partial charge is 0.327 e. The summed E-state index contributed by atoms with van der Waals surface area (Å²) < 4.78 is 2.15. The van der Waals surface area contributed by atoms with Crippen molar-refractivity contribution < 1.29 is 0 Å². The first kappa shape index (κ1) is 13.9. The molecule has 4 heteroatoms. The fourth-order valence-corrected chi connectivity index (χ4v) is 2.30. The van der Waals surface area contributed by atoms with Crippen LogP contribution in [-0.2, 0) is 6.54 Å². The molecule has 1 heterocycles. The topological polar surface area (TPSA) is 41.6 Å². The maximum atomic E-state index is 9.02. The summed E-state index contributed by atoms with van der Waals surface area (Å²) >= 11 is 6.22. The molecule has 1 aromatic carbocycles. The van der Waals surface area contributed by atoms with Crippen LogP contribution in [0, 0.1) is 17.2 Å². The molecule has 1 atom stereocenters. The van der Waals surface area contributed by atoms with E-state index in [-0.39, 0.29) is 5.38 Å². The first-order valence-corrected chi connectivity index (χ1v) is 7.01. The Bertz CT molecular complexity index is 620. The van der Waals surface area contributed by atoms with Crippen LogP contribution in [0.15, 0.2) is 18.2 Å². The lowest BCUT2D eigenvalue weighted by molar-refractivity contribution is 0.512. The molecule has 0 radical (unpaired) electrons. The lowest BCUT2D eigenvalue weighted by atomic mass is 10.1. The third-order valence-corrected chi connectivity index (χ3v) is 3.39. The Balaban J connectivity index is 2.54. The second kappa shape index (κ2) is 5.63. The van der Waals surface area contributed by atoms with E-state index in [0.29, 0.717) is 11.5 Å². The van der Waals surface area contributed by atoms with Gasteiger partial charge in [-0.1, -0.05) is 13.8 Å². The van der Waals surface area contributed by atoms with Crippen LogP contribution in [0.3, 0.4) is 0 Å². The van der Waals surface area contributed by atoms with Crippen LogP contribution in [0.2, 0.25) is 0 Å². The van der Waals surface area contributed by atoms with E-state index in [0.717, 1.165) is 29.8 Å². The Kier molecular flexibility index (Phi) is 4.11. The maximum Gasteiger partial charge on any atom is 0.127 e. The number of benzene rings is 1. The molecule has 0 spiro atoms. The summed E-state index contributed by atoms with van der Waals surface area (Å²) in [5.41, 5.74) is 2.57. The van der Waals surface area contributed by atoms with Gasteiger partial charge in [-0.2, -0.15) is 5.26 Å². The summed E-state index contributed by atoms with van der Waals surface area (Å²) in [6.45, 7) is 7.21. The Morgan fingerprint density at radius 3 is 2.68 bits per heavy atom. The van der Waals surface area contributed by atoms with Gasteiger partial charge in [-0.25, -0.2) is 4.98 Å². The summed E-state index contributed by atoms with van der Waals surface area (Å²) in [4.78, 5) is 4.59. The number of aromatic nitrogens is 2. The molecular weight excluding hydrogens is 258 g/mol. The van der Waals surface area contributed by atoms with Gasteiger partial charge < -0.3 is 4.57 Å². The molecule has 2 rings (SSSR count). The van der Waals surface area contributed by atoms with Crippen LogP contribution in [0.1, 0.15) is 44.0 Å². The lowest BCUT2D eigenvalue weighted by Gasteiger charge is -2.12. The fraction of sp³-hybridized carbons (Fsp3) is 0.467. The average Bonchev–Trinajstić information content (AvgIpc) is 2.74. The molecule has 0 saturated carbocycles. The Morgan fingerprint density at radius 1 is 1.37 bits per heavy atom. The number of aryl methyl sites for hydroxylation is 1. The molecule has 1 unspecified atom stereocenters. The molecule has 2 aromatic rings. The zero-order valence-electron chi connectivity index (χ0n) is 11.5. The van der Waals surface area contributed by atoms with E-state index in [1.807, 2.05) is 19.1 Å². The zero-order chi connectivity index (χ0) is 14.0. The molecule has 0 bridgehead atoms. The average molecular weight is 276 g/mol. The molecule has 3 nitrogen and oxygen atoms in total. The highest BCUT2D eigenvalue weighted by Crippen LogP contribution is 2.26. The van der Waals surface area contributed by atoms with Gasteiger partial charge in [-0.3, -0.25) is 0 Å². The molecule has 1 aromatic heterocycles. The van der Waals surface area contributed by atoms with Gasteiger partial charge in [0.1, 0.15) is 5.82 Å². The number of rotatable bonds is 4. The summed E-state index contributed by atoms with van der Waals surface area (Å²) in [6.07, 6.45) is 1.07. The third-order valence-electron chi connectivity index (χ3n) is 3.19. The van der Waals surface area contributed by atoms with Crippen LogP contribution in [0.5, 0.6) is 0 Å². The predicted molar refractivity (Wildman–Crippen MR) is 78.2 cm³/mol. The van der Waals surface area contributed by atoms with Gasteiger partial charge in [0.25, 0.3) is 0 Å². The second-order valence-corrected chi connectivity index (χ2v) is 5.89. The minimum absolute atomic E-state index is 0.134. The van der Waals surface area contributed by atoms with Gasteiger partial charge in [-0.05, 0) is 37.5 Å². The first-order valence-electron chi connectivity index (χ1n) is 6.57. The molecule has 0 saturated heterocycles. The lowest BCUT2D eigenvalue weighted by Crippen LogP contribution is -2.06. The first-order chi connectivity index (χ1) is 9.02. The summed E-state index contributed by atoms with van der Waals surface area (Å²) in [5.74, 6) is 1.50. The van der Waals surface area contributed by atoms with Gasteiger partial charge in [-0.15, -0.1) is 11.6 Å². The van der Waals surface area contributed by atoms with Crippen LogP contribution in [-0.4, -0.2) is 9.55 Å². The van der Waals surface area contributed by atoms with Gasteiger partial charge >= 0.3 is 0 Å². The fourth-order valence-electron chi connectivity index (χ4n) is 2.14. The van der Waals surface area contributed by atoms with E-state index < -0.39 is 0 Å². The van der Waals surface area contributed by atoms with Crippen molar-refractivity contribution in [2.45, 2.75) is 39.1 Å². The van der Waals surface area contributed by atoms with E-state index in [1.54, 1.807) is 6.07 Å². The number of alkyl halides is 1. The molecule has 0 aliphatic rings. The number of imidazole rings is 1. The normalized spacial score (nSPS) is 12.8. The maximum absolute atomic E-state index is 9.02. The van der Waals surface area contributed by atoms with E-state index in [2.05, 4.69) is 29.5 Å². The van der Waals surface area contributed by atoms with Gasteiger partial charge in [0.05, 0.1) is 28.0 Å². The van der Waals surface area contributed by atoms with Crippen molar-refractivity contribution >= 4 is 22.6 Å². The SMILES string of the molecule is CC(C)CCn1c(C(C)Cl)nc2ccc(C#N)cc21. The van der Waals surface area contributed by atoms with E-state index in [4.69, 9.17) is 16.9 Å².